The second-order valence-corrected chi connectivity index (χ2v) is 3.89. The molecule has 0 aliphatic carbocycles. The van der Waals surface area contributed by atoms with Gasteiger partial charge in [-0.15, -0.1) is 0 Å². The van der Waals surface area contributed by atoms with Gasteiger partial charge in [-0.2, -0.15) is 5.26 Å². The molecule has 0 saturated heterocycles. The summed E-state index contributed by atoms with van der Waals surface area (Å²) in [6.07, 6.45) is -3.11. The Bertz CT molecular complexity index is 473. The maximum Gasteiger partial charge on any atom is 0.373 e. The van der Waals surface area contributed by atoms with Crippen LogP contribution in [0.15, 0.2) is 6.07 Å². The van der Waals surface area contributed by atoms with Gasteiger partial charge in [0, 0.05) is 9.64 Å². The van der Waals surface area contributed by atoms with Gasteiger partial charge in [-0.25, -0.2) is 8.78 Å². The van der Waals surface area contributed by atoms with Crippen LogP contribution >= 0.6 is 22.6 Å². The van der Waals surface area contributed by atoms with Crippen molar-refractivity contribution in [3.63, 3.8) is 0 Å². The number of nitriles is 1. The monoisotopic (exact) mass is 339 g/mol. The first-order valence-corrected chi connectivity index (χ1v) is 5.04. The molecule has 0 radical (unpaired) electrons. The highest BCUT2D eigenvalue weighted by atomic mass is 127. The number of nitro groups is 1. The van der Waals surface area contributed by atoms with Gasteiger partial charge in [-0.1, -0.05) is 0 Å². The lowest BCUT2D eigenvalue weighted by molar-refractivity contribution is -0.391. The molecule has 0 amide bonds. The Balaban J connectivity index is 3.40. The van der Waals surface area contributed by atoms with Crippen molar-refractivity contribution in [3.05, 3.63) is 31.0 Å². The van der Waals surface area contributed by atoms with Crippen LogP contribution in [0.1, 0.15) is 17.7 Å². The molecule has 8 heteroatoms. The summed E-state index contributed by atoms with van der Waals surface area (Å²) in [5.74, 6) is -0.882. The summed E-state index contributed by atoms with van der Waals surface area (Å²) in [6.45, 7) is 0. The fraction of sp³-hybridized carbons (Fsp3) is 0.250. The van der Waals surface area contributed by atoms with E-state index >= 15 is 0 Å². The van der Waals surface area contributed by atoms with Crippen LogP contribution in [0.2, 0.25) is 0 Å². The summed E-state index contributed by atoms with van der Waals surface area (Å²) in [6, 6.07) is 3.00. The van der Waals surface area contributed by atoms with Crippen molar-refractivity contribution in [2.75, 3.05) is 0 Å². The van der Waals surface area contributed by atoms with Crippen molar-refractivity contribution in [1.82, 2.24) is 4.98 Å². The summed E-state index contributed by atoms with van der Waals surface area (Å²) in [4.78, 5) is 13.0. The van der Waals surface area contributed by atoms with E-state index in [4.69, 9.17) is 5.26 Å². The summed E-state index contributed by atoms with van der Waals surface area (Å²) in [7, 11) is 0. The number of hydrogen-bond donors (Lipinski definition) is 0. The average molecular weight is 339 g/mol. The summed E-state index contributed by atoms with van der Waals surface area (Å²) < 4.78 is 25.1. The highest BCUT2D eigenvalue weighted by Crippen LogP contribution is 2.32. The van der Waals surface area contributed by atoms with E-state index in [0.29, 0.717) is 0 Å². The van der Waals surface area contributed by atoms with Gasteiger partial charge in [-0.3, -0.25) is 0 Å². The zero-order valence-electron chi connectivity index (χ0n) is 7.65. The molecule has 1 rings (SSSR count). The van der Waals surface area contributed by atoms with Gasteiger partial charge in [0.1, 0.15) is 12.0 Å². The van der Waals surface area contributed by atoms with Gasteiger partial charge in [-0.05, 0) is 32.5 Å². The van der Waals surface area contributed by atoms with Crippen molar-refractivity contribution < 1.29 is 13.7 Å². The normalized spacial score (nSPS) is 10.2. The Hall–Kier alpha value is -1.37. The molecule has 1 aromatic rings. The van der Waals surface area contributed by atoms with E-state index in [1.807, 2.05) is 0 Å². The van der Waals surface area contributed by atoms with E-state index in [2.05, 4.69) is 4.98 Å². The number of nitrogens with zero attached hydrogens (tertiary/aromatic N) is 3. The van der Waals surface area contributed by atoms with Crippen molar-refractivity contribution in [3.8, 4) is 6.07 Å². The zero-order chi connectivity index (χ0) is 12.3. The Labute approximate surface area is 102 Å². The molecule has 0 saturated carbocycles. The first-order valence-electron chi connectivity index (χ1n) is 3.96. The van der Waals surface area contributed by atoms with E-state index in [1.165, 1.54) is 6.07 Å². The standard InChI is InChI=1S/C8H4F2IN3O2/c9-7(10)6-5(11)3-4(1-2-12)13-8(6)14(15)16/h3,7H,1H2. The predicted octanol–water partition coefficient (Wildman–Crippen LogP) is 2.60. The minimum Gasteiger partial charge on any atom is -0.358 e. The molecule has 0 bridgehead atoms. The highest BCUT2D eigenvalue weighted by molar-refractivity contribution is 14.1. The van der Waals surface area contributed by atoms with Crippen LogP contribution in [-0.2, 0) is 6.42 Å². The molecule has 0 fully saturated rings. The minimum atomic E-state index is -2.96. The Kier molecular flexibility index (Phi) is 4.05. The van der Waals surface area contributed by atoms with Crippen molar-refractivity contribution >= 4 is 28.4 Å². The third-order valence-electron chi connectivity index (χ3n) is 1.69. The summed E-state index contributed by atoms with van der Waals surface area (Å²) >= 11 is 1.57. The molecule has 0 aliphatic rings. The molecule has 84 valence electrons. The second-order valence-electron chi connectivity index (χ2n) is 2.73. The van der Waals surface area contributed by atoms with Crippen LogP contribution in [-0.4, -0.2) is 9.91 Å². The molecule has 0 spiro atoms. The van der Waals surface area contributed by atoms with Crippen LogP contribution in [0.25, 0.3) is 0 Å². The highest BCUT2D eigenvalue weighted by Gasteiger charge is 2.27. The van der Waals surface area contributed by atoms with Gasteiger partial charge in [0.15, 0.2) is 5.69 Å². The fourth-order valence-electron chi connectivity index (χ4n) is 1.07. The van der Waals surface area contributed by atoms with Gasteiger partial charge in [0.05, 0.1) is 6.07 Å². The first kappa shape index (κ1) is 12.7. The molecular weight excluding hydrogens is 335 g/mol. The molecular formula is C8H4F2IN3O2. The van der Waals surface area contributed by atoms with Crippen LogP contribution in [0.5, 0.6) is 0 Å². The van der Waals surface area contributed by atoms with Gasteiger partial charge in [0.2, 0.25) is 0 Å². The fourth-order valence-corrected chi connectivity index (χ4v) is 1.91. The predicted molar refractivity (Wildman–Crippen MR) is 57.9 cm³/mol. The van der Waals surface area contributed by atoms with Crippen molar-refractivity contribution in [2.45, 2.75) is 12.8 Å². The third-order valence-corrected chi connectivity index (χ3v) is 2.58. The Morgan fingerprint density at radius 3 is 2.75 bits per heavy atom. The molecule has 0 aromatic carbocycles. The number of hydrogen-bond acceptors (Lipinski definition) is 4. The third kappa shape index (κ3) is 2.60. The van der Waals surface area contributed by atoms with E-state index in [0.717, 1.165) is 0 Å². The Morgan fingerprint density at radius 1 is 1.69 bits per heavy atom. The lowest BCUT2D eigenvalue weighted by Gasteiger charge is -2.04. The summed E-state index contributed by atoms with van der Waals surface area (Å²) in [5.41, 5.74) is -0.588. The maximum absolute atomic E-state index is 12.6. The van der Waals surface area contributed by atoms with Crippen LogP contribution in [0.4, 0.5) is 14.6 Å². The van der Waals surface area contributed by atoms with Crippen molar-refractivity contribution in [1.29, 1.82) is 5.26 Å². The molecule has 0 unspecified atom stereocenters. The van der Waals surface area contributed by atoms with Crippen LogP contribution < -0.4 is 0 Å². The molecule has 0 atom stereocenters. The summed E-state index contributed by atoms with van der Waals surface area (Å²) in [5, 5.41) is 19.0. The molecule has 0 N–H and O–H groups in total. The van der Waals surface area contributed by atoms with Crippen molar-refractivity contribution in [2.24, 2.45) is 0 Å². The van der Waals surface area contributed by atoms with E-state index < -0.39 is 22.7 Å². The molecule has 0 aliphatic heterocycles. The topological polar surface area (TPSA) is 79.8 Å². The lowest BCUT2D eigenvalue weighted by Crippen LogP contribution is -2.04. The van der Waals surface area contributed by atoms with Crippen LogP contribution in [0, 0.1) is 25.0 Å². The SMILES string of the molecule is N#CCc1cc(I)c(C(F)F)c([N+](=O)[O-])n1. The quantitative estimate of drug-likeness (QED) is 0.482. The van der Waals surface area contributed by atoms with Gasteiger partial charge >= 0.3 is 5.82 Å². The van der Waals surface area contributed by atoms with E-state index in [1.54, 1.807) is 28.7 Å². The molecule has 5 nitrogen and oxygen atoms in total. The maximum atomic E-state index is 12.6. The molecule has 1 heterocycles. The van der Waals surface area contributed by atoms with Crippen LogP contribution in [0.3, 0.4) is 0 Å². The number of aromatic nitrogens is 1. The number of halogens is 3. The largest absolute Gasteiger partial charge is 0.373 e. The van der Waals surface area contributed by atoms with E-state index in [9.17, 15) is 18.9 Å². The second kappa shape index (κ2) is 5.11. The number of pyridine rings is 1. The van der Waals surface area contributed by atoms with Gasteiger partial charge in [0.25, 0.3) is 6.43 Å². The van der Waals surface area contributed by atoms with Gasteiger partial charge < -0.3 is 10.1 Å². The molecule has 1 aromatic heterocycles. The lowest BCUT2D eigenvalue weighted by atomic mass is 10.2. The number of rotatable bonds is 3. The first-order chi connectivity index (χ1) is 7.47. The number of alkyl halides is 2. The van der Waals surface area contributed by atoms with E-state index in [-0.39, 0.29) is 15.7 Å². The Morgan fingerprint density at radius 2 is 2.31 bits per heavy atom. The smallest absolute Gasteiger partial charge is 0.358 e. The molecule has 16 heavy (non-hydrogen) atoms. The minimum absolute atomic E-state index is 0.0413. The average Bonchev–Trinajstić information content (AvgIpc) is 2.16. The zero-order valence-corrected chi connectivity index (χ0v) is 9.81.